The van der Waals surface area contributed by atoms with Gasteiger partial charge in [0.2, 0.25) is 0 Å². The number of hydrogen-bond acceptors (Lipinski definition) is 5. The van der Waals surface area contributed by atoms with Crippen molar-refractivity contribution in [2.45, 2.75) is 50.1 Å². The van der Waals surface area contributed by atoms with Gasteiger partial charge in [-0.15, -0.1) is 0 Å². The average Bonchev–Trinajstić information content (AvgIpc) is 3.24. The second-order valence-corrected chi connectivity index (χ2v) is 8.17. The first-order valence-corrected chi connectivity index (χ1v) is 10.6. The fraction of sp³-hybridized carbons (Fsp3) is 0.478. The second-order valence-electron chi connectivity index (χ2n) is 7.77. The summed E-state index contributed by atoms with van der Waals surface area (Å²) in [5.41, 5.74) is 3.19. The minimum atomic E-state index is -0.612. The van der Waals surface area contributed by atoms with Gasteiger partial charge in [0, 0.05) is 11.4 Å². The third-order valence-corrected chi connectivity index (χ3v) is 5.99. The molecule has 2 aliphatic rings. The zero-order valence-corrected chi connectivity index (χ0v) is 17.1. The van der Waals surface area contributed by atoms with Crippen molar-refractivity contribution in [2.75, 3.05) is 19.8 Å². The van der Waals surface area contributed by atoms with E-state index < -0.39 is 12.2 Å². The smallest absolute Gasteiger partial charge is 0.124 e. The van der Waals surface area contributed by atoms with E-state index in [1.54, 1.807) is 0 Å². The van der Waals surface area contributed by atoms with Gasteiger partial charge in [0.25, 0.3) is 0 Å². The highest BCUT2D eigenvalue weighted by molar-refractivity contribution is 6.31. The lowest BCUT2D eigenvalue weighted by atomic mass is 9.94. The molecule has 0 spiro atoms. The largest absolute Gasteiger partial charge is 0.488 e. The van der Waals surface area contributed by atoms with Gasteiger partial charge in [-0.3, -0.25) is 0 Å². The Morgan fingerprint density at radius 2 is 1.90 bits per heavy atom. The topological polar surface area (TPSA) is 68.2 Å². The quantitative estimate of drug-likeness (QED) is 0.749. The molecule has 0 amide bonds. The van der Waals surface area contributed by atoms with Crippen molar-refractivity contribution in [2.24, 2.45) is 0 Å². The van der Waals surface area contributed by atoms with E-state index in [4.69, 9.17) is 25.8 Å². The van der Waals surface area contributed by atoms with Crippen LogP contribution in [0.15, 0.2) is 42.5 Å². The Kier molecular flexibility index (Phi) is 6.73. The normalized spacial score (nSPS) is 27.1. The molecule has 2 aromatic carbocycles. The van der Waals surface area contributed by atoms with Gasteiger partial charge in [-0.2, -0.15) is 0 Å². The van der Waals surface area contributed by atoms with Gasteiger partial charge in [-0.1, -0.05) is 35.9 Å². The van der Waals surface area contributed by atoms with Crippen LogP contribution < -0.4 is 4.74 Å². The summed E-state index contributed by atoms with van der Waals surface area (Å²) in [6.45, 7) is 1.24. The van der Waals surface area contributed by atoms with Crippen LogP contribution in [0.25, 0.3) is 0 Å². The van der Waals surface area contributed by atoms with Crippen LogP contribution in [0.1, 0.15) is 42.1 Å². The number of hydrogen-bond donors (Lipinski definition) is 2. The summed E-state index contributed by atoms with van der Waals surface area (Å²) in [6, 6.07) is 14.0. The Morgan fingerprint density at radius 1 is 1.07 bits per heavy atom. The van der Waals surface area contributed by atoms with Crippen LogP contribution in [0.5, 0.6) is 5.75 Å². The molecule has 0 aromatic heterocycles. The van der Waals surface area contributed by atoms with E-state index in [0.29, 0.717) is 24.5 Å². The molecule has 0 bridgehead atoms. The van der Waals surface area contributed by atoms with Gasteiger partial charge < -0.3 is 24.4 Å². The van der Waals surface area contributed by atoms with Crippen molar-refractivity contribution < 1.29 is 24.4 Å². The minimum absolute atomic E-state index is 0.142. The van der Waals surface area contributed by atoms with Crippen LogP contribution in [-0.4, -0.2) is 48.3 Å². The molecular formula is C23H27ClO5. The maximum Gasteiger partial charge on any atom is 0.124 e. The Balaban J connectivity index is 1.44. The van der Waals surface area contributed by atoms with Crippen molar-refractivity contribution in [1.82, 2.24) is 0 Å². The van der Waals surface area contributed by atoms with Crippen LogP contribution in [0.2, 0.25) is 5.02 Å². The number of rotatable bonds is 6. The summed E-state index contributed by atoms with van der Waals surface area (Å²) < 4.78 is 17.2. The van der Waals surface area contributed by atoms with Crippen LogP contribution in [0.3, 0.4) is 0 Å². The monoisotopic (exact) mass is 418 g/mol. The Hall–Kier alpha value is -1.63. The predicted octanol–water partition coefficient (Wildman–Crippen LogP) is 3.67. The highest BCUT2D eigenvalue weighted by Gasteiger charge is 2.30. The van der Waals surface area contributed by atoms with E-state index in [-0.39, 0.29) is 18.8 Å². The van der Waals surface area contributed by atoms with E-state index in [1.807, 2.05) is 24.3 Å². The summed E-state index contributed by atoms with van der Waals surface area (Å²) >= 11 is 6.45. The minimum Gasteiger partial charge on any atom is -0.488 e. The molecule has 0 radical (unpaired) electrons. The lowest BCUT2D eigenvalue weighted by Crippen LogP contribution is -2.38. The number of ether oxygens (including phenoxy) is 3. The molecule has 2 N–H and O–H groups in total. The van der Waals surface area contributed by atoms with Crippen LogP contribution >= 0.6 is 11.6 Å². The van der Waals surface area contributed by atoms with Crippen molar-refractivity contribution >= 4 is 11.6 Å². The first-order chi connectivity index (χ1) is 14.1. The van der Waals surface area contributed by atoms with E-state index >= 15 is 0 Å². The van der Waals surface area contributed by atoms with E-state index in [1.165, 1.54) is 0 Å². The fourth-order valence-corrected chi connectivity index (χ4v) is 4.11. The maximum absolute atomic E-state index is 9.92. The molecule has 4 rings (SSSR count). The van der Waals surface area contributed by atoms with E-state index in [0.717, 1.165) is 41.9 Å². The molecule has 0 saturated carbocycles. The first kappa shape index (κ1) is 20.6. The van der Waals surface area contributed by atoms with Gasteiger partial charge in [-0.25, -0.2) is 0 Å². The highest BCUT2D eigenvalue weighted by atomic mass is 35.5. The van der Waals surface area contributed by atoms with E-state index in [9.17, 15) is 10.2 Å². The molecule has 2 heterocycles. The Morgan fingerprint density at radius 3 is 2.62 bits per heavy atom. The van der Waals surface area contributed by atoms with Crippen molar-refractivity contribution in [1.29, 1.82) is 0 Å². The maximum atomic E-state index is 9.92. The van der Waals surface area contributed by atoms with Gasteiger partial charge in [0.15, 0.2) is 0 Å². The molecule has 2 fully saturated rings. The Labute approximate surface area is 176 Å². The summed E-state index contributed by atoms with van der Waals surface area (Å²) in [7, 11) is 0. The molecule has 2 aromatic rings. The van der Waals surface area contributed by atoms with Gasteiger partial charge in [-0.05, 0) is 54.2 Å². The molecule has 2 saturated heterocycles. The molecule has 5 nitrogen and oxygen atoms in total. The number of aliphatic hydroxyl groups excluding tert-OH is 2. The van der Waals surface area contributed by atoms with Crippen LogP contribution in [0, 0.1) is 0 Å². The predicted molar refractivity (Wildman–Crippen MR) is 110 cm³/mol. The van der Waals surface area contributed by atoms with Crippen LogP contribution in [-0.2, 0) is 15.9 Å². The zero-order valence-electron chi connectivity index (χ0n) is 16.3. The molecule has 29 heavy (non-hydrogen) atoms. The Bertz CT molecular complexity index is 803. The number of aliphatic hydroxyl groups is 2. The average molecular weight is 419 g/mol. The molecular weight excluding hydrogens is 392 g/mol. The zero-order chi connectivity index (χ0) is 20.2. The van der Waals surface area contributed by atoms with Gasteiger partial charge >= 0.3 is 0 Å². The third-order valence-electron chi connectivity index (χ3n) is 5.62. The fourth-order valence-electron chi connectivity index (χ4n) is 3.92. The van der Waals surface area contributed by atoms with Gasteiger partial charge in [0.1, 0.15) is 18.0 Å². The summed E-state index contributed by atoms with van der Waals surface area (Å²) in [5, 5.41) is 20.0. The number of benzene rings is 2. The molecule has 156 valence electrons. The standard InChI is InChI=1S/C23H27ClO5/c24-20-6-3-16(22-8-7-21(26)23(13-25)29-22)12-17(20)11-15-1-4-18(5-2-15)28-19-9-10-27-14-19/h1-6,12,19,21-23,25-26H,7-11,13-14H2/t19-,21+,22?,23?/m0/s1. The highest BCUT2D eigenvalue weighted by Crippen LogP contribution is 2.33. The van der Waals surface area contributed by atoms with Crippen molar-refractivity contribution in [3.05, 3.63) is 64.2 Å². The second kappa shape index (κ2) is 9.45. The van der Waals surface area contributed by atoms with Gasteiger partial charge in [0.05, 0.1) is 32.0 Å². The molecule has 2 unspecified atom stereocenters. The lowest BCUT2D eigenvalue weighted by molar-refractivity contribution is -0.135. The van der Waals surface area contributed by atoms with E-state index in [2.05, 4.69) is 18.2 Å². The molecule has 6 heteroatoms. The molecule has 4 atom stereocenters. The summed E-state index contributed by atoms with van der Waals surface area (Å²) in [6.07, 6.45) is 1.82. The third kappa shape index (κ3) is 5.11. The number of halogens is 1. The lowest BCUT2D eigenvalue weighted by Gasteiger charge is -2.33. The molecule has 2 aliphatic heterocycles. The molecule has 0 aliphatic carbocycles. The van der Waals surface area contributed by atoms with Crippen molar-refractivity contribution in [3.63, 3.8) is 0 Å². The SMILES string of the molecule is OCC1OC(c2ccc(Cl)c(Cc3ccc(O[C@H]4CCOC4)cc3)c2)CC[C@H]1O. The first-order valence-electron chi connectivity index (χ1n) is 10.2. The summed E-state index contributed by atoms with van der Waals surface area (Å²) in [4.78, 5) is 0. The van der Waals surface area contributed by atoms with Crippen molar-refractivity contribution in [3.8, 4) is 5.75 Å². The summed E-state index contributed by atoms with van der Waals surface area (Å²) in [5.74, 6) is 0.855. The van der Waals surface area contributed by atoms with Crippen LogP contribution in [0.4, 0.5) is 0 Å².